The van der Waals surface area contributed by atoms with E-state index < -0.39 is 0 Å². The molecule has 4 rings (SSSR count). The molecule has 0 saturated heterocycles. The minimum absolute atomic E-state index is 0.161. The van der Waals surface area contributed by atoms with Gasteiger partial charge in [-0.05, 0) is 59.7 Å². The number of rotatable bonds is 8. The summed E-state index contributed by atoms with van der Waals surface area (Å²) >= 11 is 6.41. The summed E-state index contributed by atoms with van der Waals surface area (Å²) in [6, 6.07) is 24.8. The number of imidazole rings is 1. The van der Waals surface area contributed by atoms with Gasteiger partial charge in [-0.25, -0.2) is 4.98 Å². The van der Waals surface area contributed by atoms with E-state index in [0.29, 0.717) is 6.61 Å². The van der Waals surface area contributed by atoms with Crippen LogP contribution >= 0.6 is 11.6 Å². The lowest BCUT2D eigenvalue weighted by atomic mass is 9.87. The maximum atomic E-state index is 6.41. The number of para-hydroxylation sites is 2. The summed E-state index contributed by atoms with van der Waals surface area (Å²) in [6.07, 6.45) is 2.74. The molecule has 3 aromatic carbocycles. The number of hydrogen-bond acceptors (Lipinski definition) is 2. The molecular formula is C28H31ClN2O. The summed E-state index contributed by atoms with van der Waals surface area (Å²) in [5, 5.41) is 0.789. The fourth-order valence-corrected chi connectivity index (χ4v) is 4.14. The molecule has 32 heavy (non-hydrogen) atoms. The second-order valence-electron chi connectivity index (χ2n) is 9.27. The molecule has 0 atom stereocenters. The zero-order chi connectivity index (χ0) is 22.6. The van der Waals surface area contributed by atoms with Gasteiger partial charge >= 0.3 is 0 Å². The molecule has 0 fully saturated rings. The van der Waals surface area contributed by atoms with Crippen molar-refractivity contribution in [2.75, 3.05) is 6.61 Å². The highest BCUT2D eigenvalue weighted by atomic mass is 35.5. The lowest BCUT2D eigenvalue weighted by Crippen LogP contribution is -2.10. The number of halogens is 1. The third-order valence-corrected chi connectivity index (χ3v) is 6.17. The van der Waals surface area contributed by atoms with Gasteiger partial charge in [0.25, 0.3) is 0 Å². The summed E-state index contributed by atoms with van der Waals surface area (Å²) < 4.78 is 8.31. The third kappa shape index (κ3) is 5.34. The summed E-state index contributed by atoms with van der Waals surface area (Å²) in [4.78, 5) is 4.90. The molecule has 0 radical (unpaired) electrons. The highest BCUT2D eigenvalue weighted by Crippen LogP contribution is 2.25. The second kappa shape index (κ2) is 9.79. The second-order valence-corrected chi connectivity index (χ2v) is 9.67. The molecular weight excluding hydrogens is 416 g/mol. The van der Waals surface area contributed by atoms with Gasteiger partial charge in [0, 0.05) is 18.0 Å². The zero-order valence-corrected chi connectivity index (χ0v) is 19.9. The van der Waals surface area contributed by atoms with Gasteiger partial charge in [0.05, 0.1) is 17.6 Å². The molecule has 0 amide bonds. The number of unbranched alkanes of at least 4 members (excludes halogenated alkanes) is 1. The molecule has 1 aromatic heterocycles. The number of benzene rings is 3. The Labute approximate surface area is 196 Å². The Morgan fingerprint density at radius 3 is 2.34 bits per heavy atom. The van der Waals surface area contributed by atoms with E-state index in [1.807, 2.05) is 24.3 Å². The molecule has 4 heteroatoms. The van der Waals surface area contributed by atoms with Crippen molar-refractivity contribution in [1.82, 2.24) is 9.55 Å². The number of fused-ring (bicyclic) bond motifs is 1. The van der Waals surface area contributed by atoms with Crippen molar-refractivity contribution in [2.45, 2.75) is 52.0 Å². The molecule has 0 aliphatic carbocycles. The SMILES string of the molecule is CC(C)(C)c1ccc(OCCCCn2c(Cc3ccccc3Cl)nc3ccccc32)cc1. The van der Waals surface area contributed by atoms with Crippen LogP contribution in [0.5, 0.6) is 5.75 Å². The van der Waals surface area contributed by atoms with Crippen LogP contribution in [-0.2, 0) is 18.4 Å². The lowest BCUT2D eigenvalue weighted by molar-refractivity contribution is 0.303. The van der Waals surface area contributed by atoms with Crippen LogP contribution in [0.1, 0.15) is 50.6 Å². The number of aryl methyl sites for hydroxylation is 1. The van der Waals surface area contributed by atoms with Crippen molar-refractivity contribution in [3.63, 3.8) is 0 Å². The van der Waals surface area contributed by atoms with Crippen LogP contribution in [0.25, 0.3) is 11.0 Å². The number of nitrogens with zero attached hydrogens (tertiary/aromatic N) is 2. The highest BCUT2D eigenvalue weighted by Gasteiger charge is 2.14. The van der Waals surface area contributed by atoms with Crippen molar-refractivity contribution in [2.24, 2.45) is 0 Å². The van der Waals surface area contributed by atoms with Crippen LogP contribution in [-0.4, -0.2) is 16.2 Å². The monoisotopic (exact) mass is 446 g/mol. The first-order valence-corrected chi connectivity index (χ1v) is 11.7. The Hall–Kier alpha value is -2.78. The molecule has 0 N–H and O–H groups in total. The minimum Gasteiger partial charge on any atom is -0.494 e. The Bertz CT molecular complexity index is 1170. The van der Waals surface area contributed by atoms with Crippen molar-refractivity contribution in [1.29, 1.82) is 0 Å². The van der Waals surface area contributed by atoms with Gasteiger partial charge in [-0.3, -0.25) is 0 Å². The van der Waals surface area contributed by atoms with Crippen LogP contribution < -0.4 is 4.74 Å². The fraction of sp³-hybridized carbons (Fsp3) is 0.321. The standard InChI is InChI=1S/C28H31ClN2O/c1-28(2,3)22-14-16-23(17-15-22)32-19-9-8-18-31-26-13-7-6-12-25(26)30-27(31)20-21-10-4-5-11-24(21)29/h4-7,10-17H,8-9,18-20H2,1-3H3. The molecule has 0 aliphatic heterocycles. The Balaban J connectivity index is 1.38. The van der Waals surface area contributed by atoms with Gasteiger partial charge < -0.3 is 9.30 Å². The van der Waals surface area contributed by atoms with Crippen LogP contribution in [0.3, 0.4) is 0 Å². The van der Waals surface area contributed by atoms with Crippen LogP contribution in [0, 0.1) is 0 Å². The third-order valence-electron chi connectivity index (χ3n) is 5.81. The Morgan fingerprint density at radius 2 is 1.59 bits per heavy atom. The minimum atomic E-state index is 0.161. The van der Waals surface area contributed by atoms with Crippen molar-refractivity contribution in [3.05, 3.63) is 94.8 Å². The summed E-state index contributed by atoms with van der Waals surface area (Å²) in [7, 11) is 0. The first-order chi connectivity index (χ1) is 15.4. The fourth-order valence-electron chi connectivity index (χ4n) is 3.94. The van der Waals surface area contributed by atoms with Crippen LogP contribution in [0.2, 0.25) is 5.02 Å². The van der Waals surface area contributed by atoms with Gasteiger partial charge in [-0.1, -0.05) is 74.8 Å². The highest BCUT2D eigenvalue weighted by molar-refractivity contribution is 6.31. The molecule has 166 valence electrons. The molecule has 0 aliphatic rings. The Morgan fingerprint density at radius 1 is 0.875 bits per heavy atom. The molecule has 3 nitrogen and oxygen atoms in total. The largest absolute Gasteiger partial charge is 0.494 e. The van der Waals surface area contributed by atoms with Crippen LogP contribution in [0.4, 0.5) is 0 Å². The first kappa shape index (κ1) is 22.4. The van der Waals surface area contributed by atoms with E-state index in [2.05, 4.69) is 73.9 Å². The number of ether oxygens (including phenoxy) is 1. The predicted molar refractivity (Wildman–Crippen MR) is 134 cm³/mol. The van der Waals surface area contributed by atoms with Gasteiger partial charge in [0.2, 0.25) is 0 Å². The molecule has 0 bridgehead atoms. The van der Waals surface area contributed by atoms with Gasteiger partial charge in [0.15, 0.2) is 0 Å². The quantitative estimate of drug-likeness (QED) is 0.263. The molecule has 1 heterocycles. The molecule has 4 aromatic rings. The maximum absolute atomic E-state index is 6.41. The topological polar surface area (TPSA) is 27.1 Å². The maximum Gasteiger partial charge on any atom is 0.119 e. The summed E-state index contributed by atoms with van der Waals surface area (Å²) in [5.74, 6) is 1.99. The smallest absolute Gasteiger partial charge is 0.119 e. The number of aromatic nitrogens is 2. The predicted octanol–water partition coefficient (Wildman–Crippen LogP) is 7.44. The van der Waals surface area contributed by atoms with E-state index in [1.54, 1.807) is 0 Å². The van der Waals surface area contributed by atoms with Crippen LogP contribution in [0.15, 0.2) is 72.8 Å². The molecule has 0 saturated carbocycles. The van der Waals surface area contributed by atoms with Crippen molar-refractivity contribution in [3.8, 4) is 5.75 Å². The van der Waals surface area contributed by atoms with Gasteiger partial charge in [-0.15, -0.1) is 0 Å². The molecule has 0 spiro atoms. The van der Waals surface area contributed by atoms with Crippen molar-refractivity contribution < 1.29 is 4.74 Å². The first-order valence-electron chi connectivity index (χ1n) is 11.3. The van der Waals surface area contributed by atoms with Gasteiger partial charge in [-0.2, -0.15) is 0 Å². The van der Waals surface area contributed by atoms with E-state index in [0.717, 1.165) is 53.5 Å². The zero-order valence-electron chi connectivity index (χ0n) is 19.1. The normalized spacial score (nSPS) is 11.8. The van der Waals surface area contributed by atoms with Gasteiger partial charge in [0.1, 0.15) is 11.6 Å². The summed E-state index contributed by atoms with van der Waals surface area (Å²) in [5.41, 5.74) is 4.79. The van der Waals surface area contributed by atoms with E-state index in [4.69, 9.17) is 21.3 Å². The average molecular weight is 447 g/mol. The lowest BCUT2D eigenvalue weighted by Gasteiger charge is -2.19. The van der Waals surface area contributed by atoms with Crippen molar-refractivity contribution >= 4 is 22.6 Å². The summed E-state index contributed by atoms with van der Waals surface area (Å²) in [6.45, 7) is 8.29. The van der Waals surface area contributed by atoms with E-state index in [-0.39, 0.29) is 5.41 Å². The average Bonchev–Trinajstić information content (AvgIpc) is 3.12. The Kier molecular flexibility index (Phi) is 6.86. The van der Waals surface area contributed by atoms with E-state index in [9.17, 15) is 0 Å². The number of hydrogen-bond donors (Lipinski definition) is 0. The molecule has 0 unspecified atom stereocenters. The van der Waals surface area contributed by atoms with E-state index in [1.165, 1.54) is 11.1 Å². The van der Waals surface area contributed by atoms with E-state index >= 15 is 0 Å².